The lowest BCUT2D eigenvalue weighted by Gasteiger charge is -2.07. The Morgan fingerprint density at radius 2 is 1.48 bits per heavy atom. The van der Waals surface area contributed by atoms with Crippen LogP contribution in [0.3, 0.4) is 0 Å². The lowest BCUT2D eigenvalue weighted by Crippen LogP contribution is -2.19. The minimum absolute atomic E-state index is 0.226. The Bertz CT molecular complexity index is 938. The SMILES string of the molecule is O=C(Cc1ccccc1)NN=Cc1ccccc1OC(=O)c1ccccc1. The van der Waals surface area contributed by atoms with Crippen LogP contribution in [0.25, 0.3) is 0 Å². The second-order valence-electron chi connectivity index (χ2n) is 5.75. The minimum atomic E-state index is -0.454. The van der Waals surface area contributed by atoms with Gasteiger partial charge in [-0.2, -0.15) is 5.10 Å². The first-order valence-electron chi connectivity index (χ1n) is 8.44. The Hall–Kier alpha value is -3.73. The molecule has 5 heteroatoms. The van der Waals surface area contributed by atoms with Crippen molar-refractivity contribution in [3.63, 3.8) is 0 Å². The van der Waals surface area contributed by atoms with Crippen molar-refractivity contribution in [3.05, 3.63) is 102 Å². The van der Waals surface area contributed by atoms with Crippen LogP contribution < -0.4 is 10.2 Å². The van der Waals surface area contributed by atoms with Gasteiger partial charge in [0.15, 0.2) is 0 Å². The number of carbonyl (C=O) groups excluding carboxylic acids is 2. The molecule has 5 nitrogen and oxygen atoms in total. The normalized spacial score (nSPS) is 10.5. The number of para-hydroxylation sites is 1. The highest BCUT2D eigenvalue weighted by atomic mass is 16.5. The van der Waals surface area contributed by atoms with E-state index < -0.39 is 5.97 Å². The highest BCUT2D eigenvalue weighted by Crippen LogP contribution is 2.17. The van der Waals surface area contributed by atoms with E-state index in [4.69, 9.17) is 4.74 Å². The van der Waals surface area contributed by atoms with Gasteiger partial charge in [0, 0.05) is 5.56 Å². The predicted molar refractivity (Wildman–Crippen MR) is 104 cm³/mol. The fourth-order valence-corrected chi connectivity index (χ4v) is 2.41. The molecule has 0 atom stereocenters. The zero-order valence-corrected chi connectivity index (χ0v) is 14.5. The number of carbonyl (C=O) groups is 2. The van der Waals surface area contributed by atoms with Crippen molar-refractivity contribution in [1.29, 1.82) is 0 Å². The smallest absolute Gasteiger partial charge is 0.343 e. The first-order chi connectivity index (χ1) is 13.2. The lowest BCUT2D eigenvalue weighted by molar-refractivity contribution is -0.120. The van der Waals surface area contributed by atoms with Gasteiger partial charge < -0.3 is 4.74 Å². The first kappa shape index (κ1) is 18.1. The molecule has 0 aliphatic heterocycles. The number of nitrogens with one attached hydrogen (secondary N) is 1. The van der Waals surface area contributed by atoms with Gasteiger partial charge in [-0.1, -0.05) is 60.7 Å². The third kappa shape index (κ3) is 5.37. The summed E-state index contributed by atoms with van der Waals surface area (Å²) in [6, 6.07) is 25.1. The van der Waals surface area contributed by atoms with Gasteiger partial charge in [-0.05, 0) is 29.8 Å². The number of nitrogens with zero attached hydrogens (tertiary/aromatic N) is 1. The van der Waals surface area contributed by atoms with E-state index in [1.165, 1.54) is 6.21 Å². The van der Waals surface area contributed by atoms with Crippen molar-refractivity contribution in [1.82, 2.24) is 5.43 Å². The monoisotopic (exact) mass is 358 g/mol. The Morgan fingerprint density at radius 3 is 2.22 bits per heavy atom. The molecule has 3 rings (SSSR count). The van der Waals surface area contributed by atoms with E-state index in [-0.39, 0.29) is 12.3 Å². The van der Waals surface area contributed by atoms with E-state index >= 15 is 0 Å². The van der Waals surface area contributed by atoms with Gasteiger partial charge in [-0.15, -0.1) is 0 Å². The van der Waals surface area contributed by atoms with Crippen molar-refractivity contribution >= 4 is 18.1 Å². The molecule has 1 amide bonds. The summed E-state index contributed by atoms with van der Waals surface area (Å²) in [6.07, 6.45) is 1.69. The van der Waals surface area contributed by atoms with Gasteiger partial charge in [-0.25, -0.2) is 10.2 Å². The molecule has 0 bridgehead atoms. The molecule has 0 aromatic heterocycles. The maximum Gasteiger partial charge on any atom is 0.343 e. The third-order valence-corrected chi connectivity index (χ3v) is 3.73. The fourth-order valence-electron chi connectivity index (χ4n) is 2.41. The van der Waals surface area contributed by atoms with E-state index in [1.807, 2.05) is 36.4 Å². The van der Waals surface area contributed by atoms with Gasteiger partial charge in [-0.3, -0.25) is 4.79 Å². The van der Waals surface area contributed by atoms with E-state index in [9.17, 15) is 9.59 Å². The molecule has 0 aliphatic carbocycles. The zero-order valence-electron chi connectivity index (χ0n) is 14.5. The topological polar surface area (TPSA) is 67.8 Å². The van der Waals surface area contributed by atoms with E-state index in [2.05, 4.69) is 10.5 Å². The number of rotatable bonds is 6. The Balaban J connectivity index is 1.62. The molecule has 134 valence electrons. The highest BCUT2D eigenvalue weighted by Gasteiger charge is 2.10. The second kappa shape index (κ2) is 9.10. The minimum Gasteiger partial charge on any atom is -0.422 e. The number of hydrogen-bond donors (Lipinski definition) is 1. The Kier molecular flexibility index (Phi) is 6.09. The van der Waals surface area contributed by atoms with Crippen LogP contribution in [-0.2, 0) is 11.2 Å². The molecule has 0 radical (unpaired) electrons. The highest BCUT2D eigenvalue weighted by molar-refractivity contribution is 5.93. The van der Waals surface area contributed by atoms with E-state index in [1.54, 1.807) is 48.5 Å². The van der Waals surface area contributed by atoms with Crippen LogP contribution in [0.1, 0.15) is 21.5 Å². The average molecular weight is 358 g/mol. The van der Waals surface area contributed by atoms with Crippen molar-refractivity contribution in [2.24, 2.45) is 5.10 Å². The largest absolute Gasteiger partial charge is 0.422 e. The third-order valence-electron chi connectivity index (χ3n) is 3.73. The van der Waals surface area contributed by atoms with Crippen LogP contribution >= 0.6 is 0 Å². The van der Waals surface area contributed by atoms with Gasteiger partial charge in [0.25, 0.3) is 0 Å². The molecule has 0 unspecified atom stereocenters. The van der Waals surface area contributed by atoms with Crippen LogP contribution in [0.2, 0.25) is 0 Å². The zero-order chi connectivity index (χ0) is 18.9. The summed E-state index contributed by atoms with van der Waals surface area (Å²) in [5, 5.41) is 3.96. The predicted octanol–water partition coefficient (Wildman–Crippen LogP) is 3.60. The number of amides is 1. The summed E-state index contributed by atoms with van der Waals surface area (Å²) in [5.74, 6) is -0.312. The molecule has 3 aromatic rings. The van der Waals surface area contributed by atoms with Crippen molar-refractivity contribution in [2.45, 2.75) is 6.42 Å². The van der Waals surface area contributed by atoms with Gasteiger partial charge in [0.1, 0.15) is 5.75 Å². The lowest BCUT2D eigenvalue weighted by atomic mass is 10.1. The molecule has 27 heavy (non-hydrogen) atoms. The van der Waals surface area contributed by atoms with Gasteiger partial charge >= 0.3 is 5.97 Å². The fraction of sp³-hybridized carbons (Fsp3) is 0.0455. The van der Waals surface area contributed by atoms with E-state index in [0.29, 0.717) is 16.9 Å². The molecule has 0 saturated heterocycles. The number of esters is 1. The van der Waals surface area contributed by atoms with Crippen LogP contribution in [-0.4, -0.2) is 18.1 Å². The maximum absolute atomic E-state index is 12.2. The maximum atomic E-state index is 12.2. The molecule has 0 spiro atoms. The number of hydrazone groups is 1. The molecule has 3 aromatic carbocycles. The first-order valence-corrected chi connectivity index (χ1v) is 8.44. The van der Waals surface area contributed by atoms with E-state index in [0.717, 1.165) is 5.56 Å². The van der Waals surface area contributed by atoms with Crippen molar-refractivity contribution < 1.29 is 14.3 Å². The summed E-state index contributed by atoms with van der Waals surface area (Å²) in [5.41, 5.74) is 4.43. The standard InChI is InChI=1S/C22H18N2O3/c25-21(15-17-9-3-1-4-10-17)24-23-16-19-13-7-8-14-20(19)27-22(26)18-11-5-2-6-12-18/h1-14,16H,15H2,(H,24,25). The summed E-state index contributed by atoms with van der Waals surface area (Å²) in [7, 11) is 0. The molecular weight excluding hydrogens is 340 g/mol. The van der Waals surface area contributed by atoms with Crippen molar-refractivity contribution in [2.75, 3.05) is 0 Å². The quantitative estimate of drug-likeness (QED) is 0.317. The summed E-state index contributed by atoms with van der Waals surface area (Å²) < 4.78 is 5.44. The van der Waals surface area contributed by atoms with Gasteiger partial charge in [0.05, 0.1) is 18.2 Å². The summed E-state index contributed by atoms with van der Waals surface area (Å²) in [4.78, 5) is 24.2. The summed E-state index contributed by atoms with van der Waals surface area (Å²) in [6.45, 7) is 0. The van der Waals surface area contributed by atoms with Crippen molar-refractivity contribution in [3.8, 4) is 5.75 Å². The number of ether oxygens (including phenoxy) is 1. The molecule has 0 heterocycles. The summed E-state index contributed by atoms with van der Waals surface area (Å²) >= 11 is 0. The van der Waals surface area contributed by atoms with Gasteiger partial charge in [0.2, 0.25) is 5.91 Å². The molecule has 0 saturated carbocycles. The molecular formula is C22H18N2O3. The van der Waals surface area contributed by atoms with Crippen LogP contribution in [0, 0.1) is 0 Å². The second-order valence-corrected chi connectivity index (χ2v) is 5.75. The molecule has 1 N–H and O–H groups in total. The molecule has 0 aliphatic rings. The average Bonchev–Trinajstić information content (AvgIpc) is 2.70. The Labute approximate surface area is 157 Å². The van der Waals surface area contributed by atoms with Crippen LogP contribution in [0.15, 0.2) is 90.0 Å². The van der Waals surface area contributed by atoms with Crippen LogP contribution in [0.5, 0.6) is 5.75 Å². The number of benzene rings is 3. The van der Waals surface area contributed by atoms with Crippen LogP contribution in [0.4, 0.5) is 0 Å². The Morgan fingerprint density at radius 1 is 0.852 bits per heavy atom. The number of hydrogen-bond acceptors (Lipinski definition) is 4. The molecule has 0 fully saturated rings.